The molecule has 1 aromatic carbocycles. The van der Waals surface area contributed by atoms with E-state index >= 15 is 0 Å². The number of carbonyl (C=O) groups is 1. The van der Waals surface area contributed by atoms with Crippen molar-refractivity contribution in [1.82, 2.24) is 0 Å². The van der Waals surface area contributed by atoms with E-state index in [0.29, 0.717) is 12.2 Å². The van der Waals surface area contributed by atoms with Crippen molar-refractivity contribution in [3.05, 3.63) is 29.8 Å². The highest BCUT2D eigenvalue weighted by Gasteiger charge is 2.14. The monoisotopic (exact) mass is 264 g/mol. The van der Waals surface area contributed by atoms with Crippen LogP contribution in [-0.4, -0.2) is 38.8 Å². The average molecular weight is 264 g/mol. The zero-order valence-electron chi connectivity index (χ0n) is 11.3. The predicted molar refractivity (Wildman–Crippen MR) is 71.7 cm³/mol. The molecule has 1 atom stereocenters. The fourth-order valence-electron chi connectivity index (χ4n) is 2.08. The highest BCUT2D eigenvalue weighted by atomic mass is 16.5. The summed E-state index contributed by atoms with van der Waals surface area (Å²) in [5.74, 6) is 0.728. The third kappa shape index (κ3) is 4.33. The van der Waals surface area contributed by atoms with Crippen molar-refractivity contribution >= 4 is 5.78 Å². The largest absolute Gasteiger partial charge is 0.497 e. The Hall–Kier alpha value is -1.39. The number of benzene rings is 1. The van der Waals surface area contributed by atoms with Crippen molar-refractivity contribution in [3.8, 4) is 5.75 Å². The predicted octanol–water partition coefficient (Wildman–Crippen LogP) is 2.46. The van der Waals surface area contributed by atoms with E-state index in [4.69, 9.17) is 14.2 Å². The summed E-state index contributed by atoms with van der Waals surface area (Å²) in [7, 11) is 1.60. The summed E-state index contributed by atoms with van der Waals surface area (Å²) in [4.78, 5) is 11.9. The summed E-state index contributed by atoms with van der Waals surface area (Å²) in [5.41, 5.74) is 0.644. The molecule has 0 radical (unpaired) electrons. The van der Waals surface area contributed by atoms with Gasteiger partial charge in [0, 0.05) is 12.2 Å². The van der Waals surface area contributed by atoms with Gasteiger partial charge in [0.15, 0.2) is 5.78 Å². The smallest absolute Gasteiger partial charge is 0.188 e. The molecule has 0 aromatic heterocycles. The molecular weight excluding hydrogens is 244 g/mol. The van der Waals surface area contributed by atoms with Crippen LogP contribution in [0.5, 0.6) is 5.75 Å². The molecule has 0 amide bonds. The Morgan fingerprint density at radius 1 is 1.32 bits per heavy atom. The number of ketones is 1. The minimum atomic E-state index is -0.0153. The van der Waals surface area contributed by atoms with Gasteiger partial charge in [-0.05, 0) is 43.5 Å². The summed E-state index contributed by atoms with van der Waals surface area (Å²) in [6.45, 7) is 1.41. The van der Waals surface area contributed by atoms with Gasteiger partial charge in [0.05, 0.1) is 19.8 Å². The van der Waals surface area contributed by atoms with Crippen LogP contribution in [0, 0.1) is 0 Å². The lowest BCUT2D eigenvalue weighted by Gasteiger charge is -2.22. The molecule has 4 nitrogen and oxygen atoms in total. The topological polar surface area (TPSA) is 44.8 Å². The van der Waals surface area contributed by atoms with Crippen LogP contribution in [0.1, 0.15) is 29.6 Å². The fourth-order valence-corrected chi connectivity index (χ4v) is 2.08. The zero-order chi connectivity index (χ0) is 13.5. The van der Waals surface area contributed by atoms with E-state index in [0.717, 1.165) is 25.2 Å². The molecule has 0 saturated carbocycles. The third-order valence-corrected chi connectivity index (χ3v) is 3.22. The molecule has 104 valence electrons. The molecule has 0 bridgehead atoms. The lowest BCUT2D eigenvalue weighted by Crippen LogP contribution is -2.25. The summed E-state index contributed by atoms with van der Waals surface area (Å²) in [5, 5.41) is 0. The van der Waals surface area contributed by atoms with Gasteiger partial charge >= 0.3 is 0 Å². The second kappa shape index (κ2) is 7.26. The Balaban J connectivity index is 1.73. The van der Waals surface area contributed by atoms with Gasteiger partial charge in [-0.3, -0.25) is 4.79 Å². The maximum absolute atomic E-state index is 11.9. The third-order valence-electron chi connectivity index (χ3n) is 3.22. The lowest BCUT2D eigenvalue weighted by molar-refractivity contribution is -0.0370. The van der Waals surface area contributed by atoms with Crippen molar-refractivity contribution in [2.24, 2.45) is 0 Å². The number of carbonyl (C=O) groups excluding carboxylic acids is 1. The first-order valence-corrected chi connectivity index (χ1v) is 6.66. The molecule has 19 heavy (non-hydrogen) atoms. The van der Waals surface area contributed by atoms with E-state index in [2.05, 4.69) is 0 Å². The van der Waals surface area contributed by atoms with Crippen molar-refractivity contribution in [3.63, 3.8) is 0 Å². The quantitative estimate of drug-likeness (QED) is 0.740. The van der Waals surface area contributed by atoms with Gasteiger partial charge in [-0.2, -0.15) is 0 Å². The average Bonchev–Trinajstić information content (AvgIpc) is 2.48. The minimum Gasteiger partial charge on any atom is -0.497 e. The Kier molecular flexibility index (Phi) is 5.36. The summed E-state index contributed by atoms with van der Waals surface area (Å²) < 4.78 is 16.0. The van der Waals surface area contributed by atoms with Crippen molar-refractivity contribution < 1.29 is 19.0 Å². The molecular formula is C15H20O4. The van der Waals surface area contributed by atoms with E-state index in [1.807, 2.05) is 0 Å². The molecule has 1 aliphatic rings. The Labute approximate surface area is 113 Å². The fraction of sp³-hybridized carbons (Fsp3) is 0.533. The van der Waals surface area contributed by atoms with E-state index < -0.39 is 0 Å². The van der Waals surface area contributed by atoms with E-state index in [1.165, 1.54) is 6.42 Å². The van der Waals surface area contributed by atoms with E-state index in [-0.39, 0.29) is 18.5 Å². The Bertz CT molecular complexity index is 393. The van der Waals surface area contributed by atoms with Crippen LogP contribution in [0.2, 0.25) is 0 Å². The van der Waals surface area contributed by atoms with Gasteiger partial charge < -0.3 is 14.2 Å². The van der Waals surface area contributed by atoms with Crippen LogP contribution in [0.3, 0.4) is 0 Å². The molecule has 1 fully saturated rings. The van der Waals surface area contributed by atoms with Crippen molar-refractivity contribution in [1.29, 1.82) is 0 Å². The summed E-state index contributed by atoms with van der Waals surface area (Å²) in [6.07, 6.45) is 3.48. The molecule has 1 aromatic rings. The highest BCUT2D eigenvalue weighted by molar-refractivity contribution is 5.97. The van der Waals surface area contributed by atoms with Gasteiger partial charge in [-0.15, -0.1) is 0 Å². The van der Waals surface area contributed by atoms with Crippen molar-refractivity contribution in [2.75, 3.05) is 26.9 Å². The SMILES string of the molecule is COc1ccc(C(=O)COCC2CCCCO2)cc1. The molecule has 1 heterocycles. The van der Waals surface area contributed by atoms with Gasteiger partial charge in [0.25, 0.3) is 0 Å². The first kappa shape index (κ1) is 14.0. The maximum atomic E-state index is 11.9. The second-order valence-electron chi connectivity index (χ2n) is 4.66. The molecule has 2 rings (SSSR count). The standard InChI is InChI=1S/C15H20O4/c1-17-13-7-5-12(6-8-13)15(16)11-18-10-14-4-2-3-9-19-14/h5-8,14H,2-4,9-11H2,1H3. The van der Waals surface area contributed by atoms with E-state index in [1.54, 1.807) is 31.4 Å². The summed E-state index contributed by atoms with van der Waals surface area (Å²) in [6, 6.07) is 7.05. The zero-order valence-corrected chi connectivity index (χ0v) is 11.3. The minimum absolute atomic E-state index is 0.0153. The molecule has 0 aliphatic carbocycles. The number of ether oxygens (including phenoxy) is 3. The van der Waals surface area contributed by atoms with Gasteiger partial charge in [0.1, 0.15) is 12.4 Å². The maximum Gasteiger partial charge on any atom is 0.188 e. The first-order chi connectivity index (χ1) is 9.29. The number of hydrogen-bond acceptors (Lipinski definition) is 4. The molecule has 1 saturated heterocycles. The van der Waals surface area contributed by atoms with Crippen LogP contribution in [0.15, 0.2) is 24.3 Å². The number of Topliss-reactive ketones (excluding diaryl/α,β-unsaturated/α-hetero) is 1. The molecule has 1 aliphatic heterocycles. The normalized spacial score (nSPS) is 19.1. The van der Waals surface area contributed by atoms with Gasteiger partial charge in [-0.25, -0.2) is 0 Å². The van der Waals surface area contributed by atoms with Crippen LogP contribution in [-0.2, 0) is 9.47 Å². The molecule has 1 unspecified atom stereocenters. The summed E-state index contributed by atoms with van der Waals surface area (Å²) >= 11 is 0. The van der Waals surface area contributed by atoms with Crippen LogP contribution in [0.25, 0.3) is 0 Å². The molecule has 4 heteroatoms. The van der Waals surface area contributed by atoms with Crippen LogP contribution in [0.4, 0.5) is 0 Å². The Morgan fingerprint density at radius 3 is 2.74 bits per heavy atom. The molecule has 0 spiro atoms. The van der Waals surface area contributed by atoms with Crippen LogP contribution < -0.4 is 4.74 Å². The number of rotatable bonds is 6. The lowest BCUT2D eigenvalue weighted by atomic mass is 10.1. The van der Waals surface area contributed by atoms with E-state index in [9.17, 15) is 4.79 Å². The number of hydrogen-bond donors (Lipinski definition) is 0. The first-order valence-electron chi connectivity index (χ1n) is 6.66. The van der Waals surface area contributed by atoms with Gasteiger partial charge in [-0.1, -0.05) is 0 Å². The number of methoxy groups -OCH3 is 1. The van der Waals surface area contributed by atoms with Crippen LogP contribution >= 0.6 is 0 Å². The molecule has 0 N–H and O–H groups in total. The van der Waals surface area contributed by atoms with Crippen molar-refractivity contribution in [2.45, 2.75) is 25.4 Å². The highest BCUT2D eigenvalue weighted by Crippen LogP contribution is 2.14. The Morgan fingerprint density at radius 2 is 2.11 bits per heavy atom. The van der Waals surface area contributed by atoms with Gasteiger partial charge in [0.2, 0.25) is 0 Å². The second-order valence-corrected chi connectivity index (χ2v) is 4.66.